The van der Waals surface area contributed by atoms with E-state index in [0.717, 1.165) is 19.4 Å². The number of halogens is 1. The second-order valence-electron chi connectivity index (χ2n) is 4.14. The normalized spacial score (nSPS) is 18.6. The van der Waals surface area contributed by atoms with Crippen LogP contribution < -0.4 is 10.6 Å². The fraction of sp³-hybridized carbons (Fsp3) is 0.333. The minimum absolute atomic E-state index is 0.0917. The fourth-order valence-electron chi connectivity index (χ4n) is 1.88. The number of carbonyl (C=O) groups is 2. The lowest BCUT2D eigenvalue weighted by molar-refractivity contribution is -0.117. The van der Waals surface area contributed by atoms with E-state index in [1.54, 1.807) is 0 Å². The first kappa shape index (κ1) is 12.9. The maximum atomic E-state index is 11.9. The number of carboxylic acids is 1. The number of hydrogen-bond donors (Lipinski definition) is 3. The van der Waals surface area contributed by atoms with Crippen LogP contribution in [-0.2, 0) is 4.79 Å². The van der Waals surface area contributed by atoms with Crippen LogP contribution in [0, 0.1) is 0 Å². The van der Waals surface area contributed by atoms with Gasteiger partial charge in [0.15, 0.2) is 0 Å². The van der Waals surface area contributed by atoms with E-state index in [1.807, 2.05) is 0 Å². The number of benzene rings is 1. The zero-order valence-electron chi connectivity index (χ0n) is 9.57. The Balaban J connectivity index is 2.14. The van der Waals surface area contributed by atoms with Gasteiger partial charge in [0, 0.05) is 0 Å². The van der Waals surface area contributed by atoms with Gasteiger partial charge in [0.25, 0.3) is 0 Å². The number of aromatic carboxylic acids is 1. The van der Waals surface area contributed by atoms with E-state index in [2.05, 4.69) is 10.6 Å². The summed E-state index contributed by atoms with van der Waals surface area (Å²) in [7, 11) is 0. The predicted octanol–water partition coefficient (Wildman–Crippen LogP) is 1.73. The molecule has 0 bridgehead atoms. The van der Waals surface area contributed by atoms with Gasteiger partial charge in [-0.15, -0.1) is 0 Å². The van der Waals surface area contributed by atoms with Crippen molar-refractivity contribution in [2.24, 2.45) is 0 Å². The highest BCUT2D eigenvalue weighted by Crippen LogP contribution is 2.23. The Morgan fingerprint density at radius 3 is 2.83 bits per heavy atom. The van der Waals surface area contributed by atoms with Gasteiger partial charge in [0.2, 0.25) is 5.91 Å². The smallest absolute Gasteiger partial charge is 0.335 e. The third-order valence-corrected chi connectivity index (χ3v) is 3.18. The molecule has 1 saturated heterocycles. The van der Waals surface area contributed by atoms with E-state index in [4.69, 9.17) is 16.7 Å². The molecule has 5 nitrogen and oxygen atoms in total. The average molecular weight is 269 g/mol. The lowest BCUT2D eigenvalue weighted by Gasteiger charge is -2.12. The van der Waals surface area contributed by atoms with Crippen LogP contribution in [-0.4, -0.2) is 29.6 Å². The first-order chi connectivity index (χ1) is 8.58. The summed E-state index contributed by atoms with van der Waals surface area (Å²) in [5, 5.41) is 14.9. The van der Waals surface area contributed by atoms with Crippen molar-refractivity contribution in [2.75, 3.05) is 11.9 Å². The van der Waals surface area contributed by atoms with Crippen LogP contribution in [0.3, 0.4) is 0 Å². The molecule has 1 atom stereocenters. The van der Waals surface area contributed by atoms with Crippen molar-refractivity contribution in [1.29, 1.82) is 0 Å². The molecule has 1 aliphatic rings. The summed E-state index contributed by atoms with van der Waals surface area (Å²) >= 11 is 5.92. The van der Waals surface area contributed by atoms with Gasteiger partial charge in [-0.25, -0.2) is 4.79 Å². The largest absolute Gasteiger partial charge is 0.478 e. The monoisotopic (exact) mass is 268 g/mol. The van der Waals surface area contributed by atoms with Crippen molar-refractivity contribution in [2.45, 2.75) is 18.9 Å². The van der Waals surface area contributed by atoms with Gasteiger partial charge in [0.1, 0.15) is 0 Å². The van der Waals surface area contributed by atoms with Crippen molar-refractivity contribution in [3.05, 3.63) is 28.8 Å². The summed E-state index contributed by atoms with van der Waals surface area (Å²) in [5.41, 5.74) is 0.421. The van der Waals surface area contributed by atoms with Gasteiger partial charge in [0.05, 0.1) is 22.3 Å². The molecule has 1 heterocycles. The van der Waals surface area contributed by atoms with Crippen molar-refractivity contribution in [1.82, 2.24) is 5.32 Å². The van der Waals surface area contributed by atoms with Gasteiger partial charge in [-0.2, -0.15) is 0 Å². The molecule has 1 aromatic rings. The number of rotatable bonds is 3. The Morgan fingerprint density at radius 2 is 2.22 bits per heavy atom. The van der Waals surface area contributed by atoms with Gasteiger partial charge >= 0.3 is 5.97 Å². The molecule has 1 aliphatic heterocycles. The first-order valence-electron chi connectivity index (χ1n) is 5.65. The van der Waals surface area contributed by atoms with E-state index < -0.39 is 5.97 Å². The number of carboxylic acid groups (broad SMARTS) is 1. The third kappa shape index (κ3) is 2.80. The van der Waals surface area contributed by atoms with Crippen LogP contribution in [0.4, 0.5) is 5.69 Å². The molecule has 96 valence electrons. The Labute approximate surface area is 109 Å². The van der Waals surface area contributed by atoms with Crippen molar-refractivity contribution in [3.63, 3.8) is 0 Å². The van der Waals surface area contributed by atoms with E-state index in [1.165, 1.54) is 18.2 Å². The molecular formula is C12H13ClN2O3. The van der Waals surface area contributed by atoms with Crippen LogP contribution in [0.5, 0.6) is 0 Å². The van der Waals surface area contributed by atoms with Gasteiger partial charge in [-0.05, 0) is 37.6 Å². The molecule has 18 heavy (non-hydrogen) atoms. The van der Waals surface area contributed by atoms with Gasteiger partial charge < -0.3 is 15.7 Å². The zero-order chi connectivity index (χ0) is 13.1. The Bertz CT molecular complexity index is 484. The second-order valence-corrected chi connectivity index (χ2v) is 4.55. The van der Waals surface area contributed by atoms with E-state index >= 15 is 0 Å². The number of carbonyl (C=O) groups excluding carboxylic acids is 1. The first-order valence-corrected chi connectivity index (χ1v) is 6.03. The van der Waals surface area contributed by atoms with E-state index in [9.17, 15) is 9.59 Å². The van der Waals surface area contributed by atoms with Crippen LogP contribution >= 0.6 is 11.6 Å². The minimum atomic E-state index is -1.05. The molecule has 1 fully saturated rings. The molecule has 2 rings (SSSR count). The van der Waals surface area contributed by atoms with E-state index in [-0.39, 0.29) is 17.5 Å². The molecule has 0 unspecified atom stereocenters. The summed E-state index contributed by atoms with van der Waals surface area (Å²) in [5.74, 6) is -1.24. The standard InChI is InChI=1S/C12H13ClN2O3/c13-8-4-3-7(12(17)18)6-10(8)15-11(16)9-2-1-5-14-9/h3-4,6,9,14H,1-2,5H2,(H,15,16)(H,17,18)/t9-/m1/s1. The summed E-state index contributed by atoms with van der Waals surface area (Å²) in [6.07, 6.45) is 1.74. The topological polar surface area (TPSA) is 78.4 Å². The predicted molar refractivity (Wildman–Crippen MR) is 68.1 cm³/mol. The average Bonchev–Trinajstić information content (AvgIpc) is 2.85. The quantitative estimate of drug-likeness (QED) is 0.780. The lowest BCUT2D eigenvalue weighted by atomic mass is 10.1. The molecule has 1 amide bonds. The van der Waals surface area contributed by atoms with Crippen molar-refractivity contribution in [3.8, 4) is 0 Å². The fourth-order valence-corrected chi connectivity index (χ4v) is 2.05. The Hall–Kier alpha value is -1.59. The highest BCUT2D eigenvalue weighted by Gasteiger charge is 2.22. The number of nitrogens with one attached hydrogen (secondary N) is 2. The molecular weight excluding hydrogens is 256 g/mol. The van der Waals surface area contributed by atoms with Crippen LogP contribution in [0.15, 0.2) is 18.2 Å². The molecule has 6 heteroatoms. The van der Waals surface area contributed by atoms with Crippen LogP contribution in [0.1, 0.15) is 23.2 Å². The van der Waals surface area contributed by atoms with Crippen molar-refractivity contribution >= 4 is 29.2 Å². The summed E-state index contributed by atoms with van der Waals surface area (Å²) in [6.45, 7) is 0.820. The van der Waals surface area contributed by atoms with Crippen LogP contribution in [0.2, 0.25) is 5.02 Å². The lowest BCUT2D eigenvalue weighted by Crippen LogP contribution is -2.35. The maximum absolute atomic E-state index is 11.9. The minimum Gasteiger partial charge on any atom is -0.478 e. The van der Waals surface area contributed by atoms with Gasteiger partial charge in [-0.3, -0.25) is 4.79 Å². The van der Waals surface area contributed by atoms with Crippen molar-refractivity contribution < 1.29 is 14.7 Å². The molecule has 1 aromatic carbocycles. The maximum Gasteiger partial charge on any atom is 0.335 e. The third-order valence-electron chi connectivity index (χ3n) is 2.85. The zero-order valence-corrected chi connectivity index (χ0v) is 10.3. The van der Waals surface area contributed by atoms with Crippen LogP contribution in [0.25, 0.3) is 0 Å². The SMILES string of the molecule is O=C(O)c1ccc(Cl)c(NC(=O)[C@H]2CCCN2)c1. The van der Waals surface area contributed by atoms with E-state index in [0.29, 0.717) is 10.7 Å². The molecule has 0 spiro atoms. The molecule has 0 aromatic heterocycles. The molecule has 0 radical (unpaired) electrons. The molecule has 3 N–H and O–H groups in total. The summed E-state index contributed by atoms with van der Waals surface area (Å²) in [4.78, 5) is 22.7. The highest BCUT2D eigenvalue weighted by atomic mass is 35.5. The second kappa shape index (κ2) is 5.37. The molecule has 0 aliphatic carbocycles. The highest BCUT2D eigenvalue weighted by molar-refractivity contribution is 6.33. The number of hydrogen-bond acceptors (Lipinski definition) is 3. The Kier molecular flexibility index (Phi) is 3.84. The summed E-state index contributed by atoms with van der Waals surface area (Å²) in [6, 6.07) is 3.99. The summed E-state index contributed by atoms with van der Waals surface area (Å²) < 4.78 is 0. The molecule has 0 saturated carbocycles. The number of anilines is 1. The number of amides is 1. The Morgan fingerprint density at radius 1 is 1.44 bits per heavy atom. The van der Waals surface area contributed by atoms with Gasteiger partial charge in [-0.1, -0.05) is 11.6 Å².